The van der Waals surface area contributed by atoms with E-state index in [1.54, 1.807) is 10.6 Å². The van der Waals surface area contributed by atoms with E-state index < -0.39 is 0 Å². The lowest BCUT2D eigenvalue weighted by atomic mass is 10.1. The number of carbonyl (C=O) groups excluding carboxylic acids is 1. The lowest BCUT2D eigenvalue weighted by Gasteiger charge is -2.35. The molecule has 0 radical (unpaired) electrons. The van der Waals surface area contributed by atoms with Crippen LogP contribution in [0.15, 0.2) is 41.2 Å². The Labute approximate surface area is 184 Å². The quantitative estimate of drug-likeness (QED) is 0.572. The van der Waals surface area contributed by atoms with Gasteiger partial charge in [0.2, 0.25) is 0 Å². The Balaban J connectivity index is 0.000000330. The van der Waals surface area contributed by atoms with Crippen molar-refractivity contribution in [2.45, 2.75) is 32.4 Å². The van der Waals surface area contributed by atoms with Crippen molar-refractivity contribution in [2.24, 2.45) is 5.92 Å². The first kappa shape index (κ1) is 22.8. The van der Waals surface area contributed by atoms with Gasteiger partial charge in [0.25, 0.3) is 5.56 Å². The molecular weight excluding hydrogens is 390 g/mol. The van der Waals surface area contributed by atoms with E-state index in [0.29, 0.717) is 24.5 Å². The second-order valence-corrected chi connectivity index (χ2v) is 8.18. The average molecular weight is 422 g/mol. The molecule has 2 aromatic rings. The van der Waals surface area contributed by atoms with Gasteiger partial charge in [0, 0.05) is 42.4 Å². The lowest BCUT2D eigenvalue weighted by molar-refractivity contribution is -0.109. The molecule has 2 aliphatic rings. The second-order valence-electron chi connectivity index (χ2n) is 8.18. The molecule has 31 heavy (non-hydrogen) atoms. The van der Waals surface area contributed by atoms with Gasteiger partial charge in [0.1, 0.15) is 12.4 Å². The fourth-order valence-corrected chi connectivity index (χ4v) is 3.29. The summed E-state index contributed by atoms with van der Waals surface area (Å²) in [5.41, 5.74) is 2.69. The number of carbonyl (C=O) groups is 1. The largest absolute Gasteiger partial charge is 0.486 e. The van der Waals surface area contributed by atoms with Crippen molar-refractivity contribution in [3.05, 3.63) is 63.6 Å². The molecule has 1 saturated carbocycles. The maximum absolute atomic E-state index is 12.3. The number of likely N-dealkylation sites (tertiary alicyclic amines) is 1. The molecule has 2 fully saturated rings. The molecule has 1 aliphatic carbocycles. The lowest BCUT2D eigenvalue weighted by Crippen LogP contribution is -2.54. The number of aromatic nitrogens is 1. The first-order valence-electron chi connectivity index (χ1n) is 10.7. The first-order valence-corrected chi connectivity index (χ1v) is 10.7. The Kier molecular flexibility index (Phi) is 8.05. The molecule has 1 saturated heterocycles. The van der Waals surface area contributed by atoms with Crippen LogP contribution >= 0.6 is 0 Å². The van der Waals surface area contributed by atoms with Gasteiger partial charge in [-0.3, -0.25) is 9.59 Å². The van der Waals surface area contributed by atoms with Crippen molar-refractivity contribution < 1.29 is 9.53 Å². The van der Waals surface area contributed by atoms with Crippen LogP contribution in [0.4, 0.5) is 0 Å². The summed E-state index contributed by atoms with van der Waals surface area (Å²) < 4.78 is 6.87. The van der Waals surface area contributed by atoms with Crippen molar-refractivity contribution in [3.8, 4) is 17.6 Å². The van der Waals surface area contributed by atoms with Crippen molar-refractivity contribution >= 4 is 6.29 Å². The number of pyridine rings is 1. The van der Waals surface area contributed by atoms with E-state index in [2.05, 4.69) is 29.1 Å². The smallest absolute Gasteiger partial charge is 0.254 e. The number of aldehydes is 1. The van der Waals surface area contributed by atoms with Gasteiger partial charge >= 0.3 is 0 Å². The molecule has 0 amide bonds. The molecule has 0 spiro atoms. The monoisotopic (exact) mass is 421 g/mol. The Bertz CT molecular complexity index is 991. The van der Waals surface area contributed by atoms with E-state index in [1.165, 1.54) is 32.0 Å². The Morgan fingerprint density at radius 1 is 1.19 bits per heavy atom. The molecule has 1 aromatic carbocycles. The number of nitrogens with zero attached hydrogens (tertiary/aromatic N) is 2. The highest BCUT2D eigenvalue weighted by Crippen LogP contribution is 2.27. The van der Waals surface area contributed by atoms with Crippen molar-refractivity contribution in [1.82, 2.24) is 14.8 Å². The van der Waals surface area contributed by atoms with Crippen LogP contribution in [-0.4, -0.2) is 55.6 Å². The zero-order valence-corrected chi connectivity index (χ0v) is 18.6. The molecule has 1 aromatic heterocycles. The van der Waals surface area contributed by atoms with Gasteiger partial charge in [-0.2, -0.15) is 0 Å². The van der Waals surface area contributed by atoms with E-state index in [4.69, 9.17) is 4.74 Å². The summed E-state index contributed by atoms with van der Waals surface area (Å²) in [4.78, 5) is 24.9. The van der Waals surface area contributed by atoms with Crippen LogP contribution in [0.3, 0.4) is 0 Å². The van der Waals surface area contributed by atoms with Crippen molar-refractivity contribution in [1.29, 1.82) is 0 Å². The number of aryl methyl sites for hydroxylation is 1. The molecule has 6 heteroatoms. The minimum absolute atomic E-state index is 0.0494. The zero-order chi connectivity index (χ0) is 22.2. The molecule has 0 bridgehead atoms. The van der Waals surface area contributed by atoms with Crippen LogP contribution in [0.1, 0.15) is 29.7 Å². The molecule has 0 atom stereocenters. The van der Waals surface area contributed by atoms with Gasteiger partial charge in [0.05, 0.1) is 6.54 Å². The van der Waals surface area contributed by atoms with Crippen LogP contribution < -0.4 is 15.6 Å². The predicted octanol–water partition coefficient (Wildman–Crippen LogP) is 2.06. The highest BCUT2D eigenvalue weighted by molar-refractivity contribution is 5.51. The molecule has 0 unspecified atom stereocenters. The summed E-state index contributed by atoms with van der Waals surface area (Å²) in [5.74, 6) is 7.43. The predicted molar refractivity (Wildman–Crippen MR) is 122 cm³/mol. The number of benzene rings is 1. The number of ether oxygens (including phenoxy) is 1. The number of hydrogen-bond donors (Lipinski definition) is 1. The Morgan fingerprint density at radius 3 is 2.42 bits per heavy atom. The normalized spacial score (nSPS) is 15.7. The van der Waals surface area contributed by atoms with Gasteiger partial charge in [-0.05, 0) is 57.6 Å². The highest BCUT2D eigenvalue weighted by Gasteiger charge is 2.20. The summed E-state index contributed by atoms with van der Waals surface area (Å²) in [6.07, 6.45) is 3.11. The molecule has 1 aliphatic heterocycles. The summed E-state index contributed by atoms with van der Waals surface area (Å²) >= 11 is 0. The third kappa shape index (κ3) is 7.09. The fraction of sp³-hybridized carbons (Fsp3) is 0.440. The molecule has 6 nitrogen and oxygen atoms in total. The van der Waals surface area contributed by atoms with Crippen LogP contribution in [0.2, 0.25) is 0 Å². The van der Waals surface area contributed by atoms with Crippen LogP contribution in [0, 0.1) is 24.7 Å². The summed E-state index contributed by atoms with van der Waals surface area (Å²) in [7, 11) is 4.14. The highest BCUT2D eigenvalue weighted by atomic mass is 16.5. The van der Waals surface area contributed by atoms with Crippen molar-refractivity contribution in [2.75, 3.05) is 33.8 Å². The summed E-state index contributed by atoms with van der Waals surface area (Å²) in [6.45, 7) is 4.73. The minimum atomic E-state index is -0.145. The van der Waals surface area contributed by atoms with Gasteiger partial charge in [-0.15, -0.1) is 0 Å². The van der Waals surface area contributed by atoms with Crippen LogP contribution in [-0.2, 0) is 11.3 Å². The third-order valence-electron chi connectivity index (χ3n) is 5.39. The molecule has 2 heterocycles. The fourth-order valence-electron chi connectivity index (χ4n) is 3.29. The van der Waals surface area contributed by atoms with E-state index in [-0.39, 0.29) is 12.2 Å². The van der Waals surface area contributed by atoms with E-state index in [0.717, 1.165) is 22.9 Å². The maximum Gasteiger partial charge on any atom is 0.254 e. The third-order valence-corrected chi connectivity index (χ3v) is 5.39. The SMILES string of the molecule is CNC1CN(C)C1.Cc1cc(OCC=O)cc(=O)n1Cc1ccc(C#CC2CC2)cc1. The van der Waals surface area contributed by atoms with E-state index >= 15 is 0 Å². The molecule has 4 rings (SSSR count). The first-order chi connectivity index (χ1) is 15.0. The van der Waals surface area contributed by atoms with Crippen LogP contribution in [0.25, 0.3) is 0 Å². The Morgan fingerprint density at radius 2 is 1.90 bits per heavy atom. The minimum Gasteiger partial charge on any atom is -0.486 e. The topological polar surface area (TPSA) is 63.6 Å². The van der Waals surface area contributed by atoms with Crippen molar-refractivity contribution in [3.63, 3.8) is 0 Å². The van der Waals surface area contributed by atoms with Crippen LogP contribution in [0.5, 0.6) is 5.75 Å². The standard InChI is InChI=1S/C20H19NO3.C5H12N2/c1-15-12-19(24-11-10-22)13-20(23)21(15)14-18-8-6-17(7-9-18)5-4-16-2-3-16;1-6-5-3-7(2)4-5/h6-10,12-13,16H,2-3,11,14H2,1H3;5-6H,3-4H2,1-2H3. The van der Waals surface area contributed by atoms with Gasteiger partial charge in [-0.25, -0.2) is 0 Å². The molecule has 164 valence electrons. The number of hydrogen-bond acceptors (Lipinski definition) is 5. The molecular formula is C25H31N3O3. The number of nitrogens with one attached hydrogen (secondary N) is 1. The summed E-state index contributed by atoms with van der Waals surface area (Å²) in [6, 6.07) is 11.9. The van der Waals surface area contributed by atoms with Gasteiger partial charge < -0.3 is 19.5 Å². The van der Waals surface area contributed by atoms with Gasteiger partial charge in [0.15, 0.2) is 6.29 Å². The molecule has 1 N–H and O–H groups in total. The number of likely N-dealkylation sites (N-methyl/N-ethyl adjacent to an activating group) is 2. The number of rotatable bonds is 6. The zero-order valence-electron chi connectivity index (χ0n) is 18.6. The second kappa shape index (κ2) is 10.9. The summed E-state index contributed by atoms with van der Waals surface area (Å²) in [5, 5.41) is 3.19. The Hall–Kier alpha value is -2.88. The maximum atomic E-state index is 12.3. The van der Waals surface area contributed by atoms with Gasteiger partial charge in [-0.1, -0.05) is 24.0 Å². The average Bonchev–Trinajstić information content (AvgIpc) is 3.57. The van der Waals surface area contributed by atoms with E-state index in [9.17, 15) is 9.59 Å². The van der Waals surface area contributed by atoms with E-state index in [1.807, 2.05) is 38.2 Å².